The van der Waals surface area contributed by atoms with Crippen LogP contribution in [0.15, 0.2) is 29.2 Å². The van der Waals surface area contributed by atoms with Gasteiger partial charge in [0.1, 0.15) is 17.8 Å². The first kappa shape index (κ1) is 11.4. The number of amides is 1. The number of nitrogens with one attached hydrogen (secondary N) is 2. The van der Waals surface area contributed by atoms with E-state index in [9.17, 15) is 4.79 Å². The van der Waals surface area contributed by atoms with E-state index < -0.39 is 0 Å². The molecule has 2 aromatic rings. The third-order valence-electron chi connectivity index (χ3n) is 2.05. The Hall–Kier alpha value is -2.08. The minimum absolute atomic E-state index is 0.276. The molecule has 2 heterocycles. The zero-order valence-electron chi connectivity index (χ0n) is 8.90. The highest BCUT2D eigenvalue weighted by Crippen LogP contribution is 2.19. The van der Waals surface area contributed by atoms with Crippen LogP contribution in [0.25, 0.3) is 0 Å². The third-order valence-corrected chi connectivity index (χ3v) is 2.35. The quantitative estimate of drug-likeness (QED) is 0.874. The molecule has 0 aliphatic carbocycles. The molecule has 2 rings (SSSR count). The Bertz CT molecular complexity index is 527. The van der Waals surface area contributed by atoms with Crippen molar-refractivity contribution in [2.45, 2.75) is 0 Å². The number of hydrogen-bond acceptors (Lipinski definition) is 5. The lowest BCUT2D eigenvalue weighted by molar-refractivity contribution is 0.102. The molecule has 0 radical (unpaired) electrons. The third kappa shape index (κ3) is 2.54. The number of anilines is 2. The first-order valence-electron chi connectivity index (χ1n) is 4.74. The lowest BCUT2D eigenvalue weighted by Gasteiger charge is -2.06. The standard InChI is InChI=1S/C10H9ClN4O2/c1-12-9-2-7(8(11)4-13-9)10(16)15-6-3-14-17-5-6/h2-5H,1H3,(H,12,13)(H,15,16). The highest BCUT2D eigenvalue weighted by atomic mass is 35.5. The Kier molecular flexibility index (Phi) is 3.24. The van der Waals surface area contributed by atoms with E-state index in [1.165, 1.54) is 18.7 Å². The maximum absolute atomic E-state index is 11.9. The number of pyridine rings is 1. The zero-order valence-corrected chi connectivity index (χ0v) is 9.65. The molecule has 0 spiro atoms. The van der Waals surface area contributed by atoms with Crippen LogP contribution in [-0.4, -0.2) is 23.1 Å². The molecule has 17 heavy (non-hydrogen) atoms. The van der Waals surface area contributed by atoms with Gasteiger partial charge in [0.05, 0.1) is 16.8 Å². The van der Waals surface area contributed by atoms with Crippen molar-refractivity contribution in [2.24, 2.45) is 0 Å². The highest BCUT2D eigenvalue weighted by Gasteiger charge is 2.12. The predicted molar refractivity (Wildman–Crippen MR) is 63.2 cm³/mol. The molecule has 2 aromatic heterocycles. The Morgan fingerprint density at radius 1 is 1.47 bits per heavy atom. The summed E-state index contributed by atoms with van der Waals surface area (Å²) in [4.78, 5) is 15.9. The number of nitrogens with zero attached hydrogens (tertiary/aromatic N) is 2. The molecular weight excluding hydrogens is 244 g/mol. The summed E-state index contributed by atoms with van der Waals surface area (Å²) in [6.45, 7) is 0. The molecule has 0 aromatic carbocycles. The summed E-state index contributed by atoms with van der Waals surface area (Å²) in [5, 5.41) is 9.18. The van der Waals surface area contributed by atoms with Crippen molar-refractivity contribution in [1.82, 2.24) is 10.1 Å². The molecule has 0 fully saturated rings. The smallest absolute Gasteiger partial charge is 0.257 e. The summed E-state index contributed by atoms with van der Waals surface area (Å²) in [6.07, 6.45) is 4.13. The summed E-state index contributed by atoms with van der Waals surface area (Å²) in [7, 11) is 1.71. The van der Waals surface area contributed by atoms with Crippen molar-refractivity contribution < 1.29 is 9.32 Å². The number of carbonyl (C=O) groups excluding carboxylic acids is 1. The lowest BCUT2D eigenvalue weighted by Crippen LogP contribution is -2.12. The van der Waals surface area contributed by atoms with Crippen molar-refractivity contribution in [2.75, 3.05) is 17.7 Å². The first-order valence-corrected chi connectivity index (χ1v) is 5.12. The minimum atomic E-state index is -0.350. The Balaban J connectivity index is 2.24. The summed E-state index contributed by atoms with van der Waals surface area (Å²) in [6, 6.07) is 1.56. The molecule has 0 unspecified atom stereocenters. The average molecular weight is 253 g/mol. The second kappa shape index (κ2) is 4.84. The predicted octanol–water partition coefficient (Wildman–Crippen LogP) is 2.02. The molecule has 1 amide bonds. The maximum Gasteiger partial charge on any atom is 0.257 e. The number of hydrogen-bond donors (Lipinski definition) is 2. The van der Waals surface area contributed by atoms with Crippen LogP contribution in [0.1, 0.15) is 10.4 Å². The molecule has 7 heteroatoms. The summed E-state index contributed by atoms with van der Waals surface area (Å²) >= 11 is 5.90. The fourth-order valence-corrected chi connectivity index (χ4v) is 1.40. The van der Waals surface area contributed by atoms with E-state index in [4.69, 9.17) is 11.6 Å². The lowest BCUT2D eigenvalue weighted by atomic mass is 10.2. The first-order chi connectivity index (χ1) is 8.20. The molecule has 0 saturated heterocycles. The summed E-state index contributed by atoms with van der Waals surface area (Å²) in [5.74, 6) is 0.210. The summed E-state index contributed by atoms with van der Waals surface area (Å²) < 4.78 is 4.60. The molecule has 0 bridgehead atoms. The van der Waals surface area contributed by atoms with Gasteiger partial charge in [0.2, 0.25) is 0 Å². The van der Waals surface area contributed by atoms with Crippen molar-refractivity contribution in [1.29, 1.82) is 0 Å². The zero-order chi connectivity index (χ0) is 12.3. The Morgan fingerprint density at radius 2 is 2.29 bits per heavy atom. The van der Waals surface area contributed by atoms with E-state index in [-0.39, 0.29) is 10.9 Å². The molecule has 6 nitrogen and oxygen atoms in total. The molecule has 88 valence electrons. The van der Waals surface area contributed by atoms with Gasteiger partial charge in [-0.3, -0.25) is 4.79 Å². The Labute approximate surface area is 102 Å². The molecule has 0 atom stereocenters. The van der Waals surface area contributed by atoms with Gasteiger partial charge in [0, 0.05) is 13.2 Å². The molecule has 0 aliphatic heterocycles. The van der Waals surface area contributed by atoms with Gasteiger partial charge in [-0.25, -0.2) is 4.98 Å². The van der Waals surface area contributed by atoms with Crippen LogP contribution < -0.4 is 10.6 Å². The van der Waals surface area contributed by atoms with Gasteiger partial charge in [0.25, 0.3) is 5.91 Å². The molecule has 0 saturated carbocycles. The van der Waals surface area contributed by atoms with E-state index in [1.807, 2.05) is 0 Å². The van der Waals surface area contributed by atoms with Crippen molar-refractivity contribution in [3.8, 4) is 0 Å². The Morgan fingerprint density at radius 3 is 2.94 bits per heavy atom. The monoisotopic (exact) mass is 252 g/mol. The van der Waals surface area contributed by atoms with E-state index in [2.05, 4.69) is 25.3 Å². The number of carbonyl (C=O) groups is 1. The maximum atomic E-state index is 11.9. The van der Waals surface area contributed by atoms with Crippen LogP contribution in [-0.2, 0) is 0 Å². The van der Waals surface area contributed by atoms with Gasteiger partial charge in [-0.15, -0.1) is 0 Å². The average Bonchev–Trinajstić information content (AvgIpc) is 2.82. The normalized spacial score (nSPS) is 10.0. The van der Waals surface area contributed by atoms with Gasteiger partial charge in [0.15, 0.2) is 0 Å². The van der Waals surface area contributed by atoms with Crippen LogP contribution >= 0.6 is 11.6 Å². The number of rotatable bonds is 3. The van der Waals surface area contributed by atoms with E-state index in [0.717, 1.165) is 0 Å². The molecule has 0 aliphatic rings. The SMILES string of the molecule is CNc1cc(C(=O)Nc2cnoc2)c(Cl)cn1. The van der Waals surface area contributed by atoms with E-state index >= 15 is 0 Å². The molecule has 2 N–H and O–H groups in total. The topological polar surface area (TPSA) is 80.0 Å². The van der Waals surface area contributed by atoms with Crippen LogP contribution in [0.2, 0.25) is 5.02 Å². The van der Waals surface area contributed by atoms with Gasteiger partial charge >= 0.3 is 0 Å². The van der Waals surface area contributed by atoms with Crippen molar-refractivity contribution in [3.63, 3.8) is 0 Å². The minimum Gasteiger partial charge on any atom is -0.373 e. The summed E-state index contributed by atoms with van der Waals surface area (Å²) in [5.41, 5.74) is 0.793. The highest BCUT2D eigenvalue weighted by molar-refractivity contribution is 6.34. The number of halogens is 1. The fraction of sp³-hybridized carbons (Fsp3) is 0.100. The second-order valence-electron chi connectivity index (χ2n) is 3.17. The van der Waals surface area contributed by atoms with Gasteiger partial charge in [-0.1, -0.05) is 16.8 Å². The van der Waals surface area contributed by atoms with E-state index in [0.29, 0.717) is 17.1 Å². The van der Waals surface area contributed by atoms with Crippen molar-refractivity contribution >= 4 is 29.0 Å². The fourth-order valence-electron chi connectivity index (χ4n) is 1.21. The number of aromatic nitrogens is 2. The van der Waals surface area contributed by atoms with Crippen LogP contribution in [0.4, 0.5) is 11.5 Å². The van der Waals surface area contributed by atoms with Crippen LogP contribution in [0, 0.1) is 0 Å². The van der Waals surface area contributed by atoms with Crippen molar-refractivity contribution in [3.05, 3.63) is 35.3 Å². The largest absolute Gasteiger partial charge is 0.373 e. The van der Waals surface area contributed by atoms with Gasteiger partial charge < -0.3 is 15.2 Å². The van der Waals surface area contributed by atoms with Gasteiger partial charge in [-0.2, -0.15) is 0 Å². The van der Waals surface area contributed by atoms with Crippen LogP contribution in [0.5, 0.6) is 0 Å². The van der Waals surface area contributed by atoms with Crippen LogP contribution in [0.3, 0.4) is 0 Å². The molecular formula is C10H9ClN4O2. The second-order valence-corrected chi connectivity index (χ2v) is 3.57. The van der Waals surface area contributed by atoms with Gasteiger partial charge in [-0.05, 0) is 6.07 Å². The van der Waals surface area contributed by atoms with E-state index in [1.54, 1.807) is 13.1 Å².